The number of rotatable bonds is 4. The Morgan fingerprint density at radius 3 is 1.71 bits per heavy atom. The molecule has 0 fully saturated rings. The summed E-state index contributed by atoms with van der Waals surface area (Å²) in [5.74, 6) is 0. The van der Waals surface area contributed by atoms with Crippen molar-refractivity contribution in [3.8, 4) is 0 Å². The van der Waals surface area contributed by atoms with Crippen molar-refractivity contribution in [3.63, 3.8) is 0 Å². The van der Waals surface area contributed by atoms with E-state index >= 15 is 0 Å². The van der Waals surface area contributed by atoms with Crippen LogP contribution in [0.4, 0.5) is 11.4 Å². The fourth-order valence-electron chi connectivity index (χ4n) is 1.54. The number of carbonyl (C=O) groups is 2. The highest BCUT2D eigenvalue weighted by atomic mass is 35.5. The summed E-state index contributed by atoms with van der Waals surface area (Å²) < 4.78 is 0. The Kier molecular flexibility index (Phi) is 4.67. The molecule has 0 radical (unpaired) electrons. The fraction of sp³-hybridized carbons (Fsp3) is 0. The molecule has 5 nitrogen and oxygen atoms in total. The summed E-state index contributed by atoms with van der Waals surface area (Å²) in [7, 11) is 0. The molecule has 0 bridgehead atoms. The molecule has 2 aromatic carbocycles. The van der Waals surface area contributed by atoms with Crippen molar-refractivity contribution < 1.29 is 14.4 Å². The maximum absolute atomic E-state index is 11.9. The van der Waals surface area contributed by atoms with E-state index in [0.717, 1.165) is 0 Å². The van der Waals surface area contributed by atoms with Gasteiger partial charge in [0.2, 0.25) is 5.69 Å². The number of hydrogen-bond donors (Lipinski definition) is 0. The van der Waals surface area contributed by atoms with Crippen LogP contribution in [0.5, 0.6) is 0 Å². The molecule has 106 valence electrons. The summed E-state index contributed by atoms with van der Waals surface area (Å²) in [5, 5.41) is 14.5. The average Bonchev–Trinajstić information content (AvgIpc) is 2.47. The SMILES string of the molecule is O=C(Cl)c1ccc(N=[N+]([O-])c2ccc(C(=O)Cl)cc2)cc1. The molecule has 0 atom stereocenters. The second-order valence-electron chi connectivity index (χ2n) is 4.01. The van der Waals surface area contributed by atoms with Crippen LogP contribution >= 0.6 is 23.2 Å². The van der Waals surface area contributed by atoms with Crippen molar-refractivity contribution in [3.05, 3.63) is 64.9 Å². The van der Waals surface area contributed by atoms with E-state index < -0.39 is 10.5 Å². The average molecular weight is 323 g/mol. The van der Waals surface area contributed by atoms with Gasteiger partial charge in [-0.2, -0.15) is 0 Å². The van der Waals surface area contributed by atoms with Gasteiger partial charge in [0.05, 0.1) is 0 Å². The first kappa shape index (κ1) is 15.2. The molecule has 21 heavy (non-hydrogen) atoms. The summed E-state index contributed by atoms with van der Waals surface area (Å²) >= 11 is 10.6. The van der Waals surface area contributed by atoms with E-state index in [4.69, 9.17) is 23.2 Å². The molecule has 0 aliphatic rings. The lowest BCUT2D eigenvalue weighted by atomic mass is 10.2. The number of hydrogen-bond acceptors (Lipinski definition) is 4. The molecule has 0 aliphatic carbocycles. The molecule has 0 aliphatic heterocycles. The third-order valence-electron chi connectivity index (χ3n) is 2.62. The van der Waals surface area contributed by atoms with Gasteiger partial charge in [0.25, 0.3) is 10.5 Å². The van der Waals surface area contributed by atoms with E-state index in [1.165, 1.54) is 48.5 Å². The predicted octanol–water partition coefficient (Wildman–Crippen LogP) is 4.37. The van der Waals surface area contributed by atoms with Crippen molar-refractivity contribution in [2.45, 2.75) is 0 Å². The molecule has 0 aromatic heterocycles. The Morgan fingerprint density at radius 2 is 1.29 bits per heavy atom. The minimum atomic E-state index is -0.600. The Bertz CT molecular complexity index is 710. The second kappa shape index (κ2) is 6.47. The van der Waals surface area contributed by atoms with Gasteiger partial charge >= 0.3 is 0 Å². The molecule has 7 heteroatoms. The van der Waals surface area contributed by atoms with E-state index in [2.05, 4.69) is 5.11 Å². The van der Waals surface area contributed by atoms with Crippen molar-refractivity contribution in [1.29, 1.82) is 0 Å². The highest BCUT2D eigenvalue weighted by molar-refractivity contribution is 6.68. The first-order valence-corrected chi connectivity index (χ1v) is 6.51. The third kappa shape index (κ3) is 3.87. The lowest BCUT2D eigenvalue weighted by Crippen LogP contribution is -1.93. The highest BCUT2D eigenvalue weighted by Gasteiger charge is 2.07. The Balaban J connectivity index is 2.23. The van der Waals surface area contributed by atoms with E-state index in [-0.39, 0.29) is 5.69 Å². The van der Waals surface area contributed by atoms with Gasteiger partial charge < -0.3 is 5.21 Å². The summed E-state index contributed by atoms with van der Waals surface area (Å²) in [6.07, 6.45) is 0. The van der Waals surface area contributed by atoms with Crippen LogP contribution in [0.25, 0.3) is 0 Å². The number of carbonyl (C=O) groups excluding carboxylic acids is 2. The van der Waals surface area contributed by atoms with Crippen LogP contribution in [-0.2, 0) is 0 Å². The standard InChI is InChI=1S/C14H8Cl2N2O3/c15-13(19)9-1-5-11(6-2-9)17-18(21)12-7-3-10(4-8-12)14(16)20/h1-8H. The number of azo groups is 1. The van der Waals surface area contributed by atoms with Gasteiger partial charge in [-0.25, -0.2) is 0 Å². The Labute approximate surface area is 130 Å². The molecular weight excluding hydrogens is 315 g/mol. The van der Waals surface area contributed by atoms with Crippen LogP contribution in [0, 0.1) is 5.21 Å². The van der Waals surface area contributed by atoms with Crippen LogP contribution in [0.1, 0.15) is 20.7 Å². The zero-order valence-corrected chi connectivity index (χ0v) is 12.0. The van der Waals surface area contributed by atoms with Gasteiger partial charge in [0.1, 0.15) is 5.69 Å². The Morgan fingerprint density at radius 1 is 0.857 bits per heavy atom. The summed E-state index contributed by atoms with van der Waals surface area (Å²) in [6.45, 7) is 0. The molecule has 0 amide bonds. The smallest absolute Gasteiger partial charge is 0.252 e. The molecule has 2 aromatic rings. The van der Waals surface area contributed by atoms with Crippen LogP contribution in [0.2, 0.25) is 0 Å². The van der Waals surface area contributed by atoms with Crippen molar-refractivity contribution >= 4 is 45.1 Å². The van der Waals surface area contributed by atoms with E-state index in [1.807, 2.05) is 0 Å². The second-order valence-corrected chi connectivity index (χ2v) is 4.70. The maximum atomic E-state index is 11.9. The van der Waals surface area contributed by atoms with Crippen LogP contribution in [-0.4, -0.2) is 15.3 Å². The molecular formula is C14H8Cl2N2O3. The molecule has 0 heterocycles. The van der Waals surface area contributed by atoms with Crippen LogP contribution in [0.15, 0.2) is 53.6 Å². The predicted molar refractivity (Wildman–Crippen MR) is 78.6 cm³/mol. The van der Waals surface area contributed by atoms with Gasteiger partial charge in [-0.3, -0.25) is 9.59 Å². The zero-order valence-electron chi connectivity index (χ0n) is 10.5. The number of halogens is 2. The highest BCUT2D eigenvalue weighted by Crippen LogP contribution is 2.19. The molecule has 0 N–H and O–H groups in total. The van der Waals surface area contributed by atoms with E-state index in [9.17, 15) is 14.8 Å². The van der Waals surface area contributed by atoms with Crippen molar-refractivity contribution in [1.82, 2.24) is 0 Å². The number of benzene rings is 2. The van der Waals surface area contributed by atoms with E-state index in [0.29, 0.717) is 21.7 Å². The minimum absolute atomic E-state index is 0.245. The zero-order chi connectivity index (χ0) is 15.4. The molecule has 0 spiro atoms. The van der Waals surface area contributed by atoms with Crippen LogP contribution < -0.4 is 0 Å². The monoisotopic (exact) mass is 322 g/mol. The maximum Gasteiger partial charge on any atom is 0.252 e. The topological polar surface area (TPSA) is 72.6 Å². The summed E-state index contributed by atoms with van der Waals surface area (Å²) in [6, 6.07) is 11.7. The van der Waals surface area contributed by atoms with Crippen molar-refractivity contribution in [2.75, 3.05) is 0 Å². The minimum Gasteiger partial charge on any atom is -0.594 e. The summed E-state index contributed by atoms with van der Waals surface area (Å²) in [5.41, 5.74) is 1.22. The fourth-order valence-corrected chi connectivity index (χ4v) is 1.79. The van der Waals surface area contributed by atoms with Gasteiger partial charge in [-0.15, -0.1) is 0 Å². The Hall–Kier alpha value is -2.24. The molecule has 0 unspecified atom stereocenters. The van der Waals surface area contributed by atoms with Crippen molar-refractivity contribution in [2.24, 2.45) is 5.11 Å². The van der Waals surface area contributed by atoms with Crippen LogP contribution in [0.3, 0.4) is 0 Å². The molecule has 0 saturated heterocycles. The third-order valence-corrected chi connectivity index (χ3v) is 3.05. The quantitative estimate of drug-likeness (QED) is 0.363. The largest absolute Gasteiger partial charge is 0.594 e. The number of nitrogens with zero attached hydrogens (tertiary/aromatic N) is 2. The molecule has 2 rings (SSSR count). The normalized spacial score (nSPS) is 11.2. The van der Waals surface area contributed by atoms with Gasteiger partial charge in [0, 0.05) is 28.4 Å². The lowest BCUT2D eigenvalue weighted by molar-refractivity contribution is -0.435. The molecule has 0 saturated carbocycles. The van der Waals surface area contributed by atoms with E-state index in [1.54, 1.807) is 0 Å². The summed E-state index contributed by atoms with van der Waals surface area (Å²) in [4.78, 5) is 22.2. The van der Waals surface area contributed by atoms with Gasteiger partial charge in [-0.1, -0.05) is 4.86 Å². The lowest BCUT2D eigenvalue weighted by Gasteiger charge is -2.00. The first-order chi connectivity index (χ1) is 9.97. The van der Waals surface area contributed by atoms with Gasteiger partial charge in [-0.05, 0) is 59.6 Å². The first-order valence-electron chi connectivity index (χ1n) is 5.76. The van der Waals surface area contributed by atoms with Gasteiger partial charge in [0.15, 0.2) is 0 Å².